The van der Waals surface area contributed by atoms with Gasteiger partial charge in [-0.15, -0.1) is 22.7 Å². The van der Waals surface area contributed by atoms with Crippen LogP contribution in [0.1, 0.15) is 40.1 Å². The van der Waals surface area contributed by atoms with E-state index < -0.39 is 0 Å². The largest absolute Gasteiger partial charge is 0.463 e. The summed E-state index contributed by atoms with van der Waals surface area (Å²) >= 11 is 3.61. The van der Waals surface area contributed by atoms with Gasteiger partial charge in [0, 0.05) is 39.9 Å². The predicted molar refractivity (Wildman–Crippen MR) is 146 cm³/mol. The standard InChI is InChI=1S/C26H36N4O4S2/c1-20-7-17-35-24(20)23(25-21(2)8-18-36-25)6-4-11-30-10-3-5-22(19-30)26(31)34-16-15-33-14-13-32-12-9-28-29-27/h6-8,17-18,22H,3-5,9-16,19H2,1-2H3/t22-/m1/s1. The summed E-state index contributed by atoms with van der Waals surface area (Å²) in [6.45, 7) is 9.17. The van der Waals surface area contributed by atoms with Crippen LogP contribution in [0.4, 0.5) is 0 Å². The maximum Gasteiger partial charge on any atom is 0.310 e. The second-order valence-corrected chi connectivity index (χ2v) is 10.6. The maximum absolute atomic E-state index is 12.6. The molecule has 0 unspecified atom stereocenters. The van der Waals surface area contributed by atoms with E-state index in [1.165, 1.54) is 26.5 Å². The van der Waals surface area contributed by atoms with Gasteiger partial charge >= 0.3 is 5.97 Å². The van der Waals surface area contributed by atoms with E-state index in [0.717, 1.165) is 38.9 Å². The van der Waals surface area contributed by atoms with Crippen molar-refractivity contribution in [2.75, 3.05) is 59.2 Å². The highest BCUT2D eigenvalue weighted by Gasteiger charge is 2.26. The molecule has 1 fully saturated rings. The lowest BCUT2D eigenvalue weighted by atomic mass is 9.98. The number of azide groups is 1. The van der Waals surface area contributed by atoms with Gasteiger partial charge in [0.15, 0.2) is 0 Å². The first kappa shape index (κ1) is 28.4. The highest BCUT2D eigenvalue weighted by atomic mass is 32.1. The Labute approximate surface area is 221 Å². The van der Waals surface area contributed by atoms with E-state index in [1.807, 2.05) is 0 Å². The van der Waals surface area contributed by atoms with E-state index in [9.17, 15) is 4.79 Å². The third kappa shape index (κ3) is 9.03. The molecule has 0 N–H and O–H groups in total. The van der Waals surface area contributed by atoms with E-state index in [4.69, 9.17) is 19.7 Å². The van der Waals surface area contributed by atoms with Gasteiger partial charge in [-0.1, -0.05) is 11.2 Å². The minimum absolute atomic E-state index is 0.0784. The van der Waals surface area contributed by atoms with Crippen LogP contribution in [0.3, 0.4) is 0 Å². The van der Waals surface area contributed by atoms with Gasteiger partial charge in [0.05, 0.1) is 32.3 Å². The molecule has 3 heterocycles. The third-order valence-electron chi connectivity index (χ3n) is 6.09. The number of esters is 1. The first-order valence-corrected chi connectivity index (χ1v) is 14.2. The highest BCUT2D eigenvalue weighted by Crippen LogP contribution is 2.35. The van der Waals surface area contributed by atoms with Crippen LogP contribution in [0, 0.1) is 19.8 Å². The molecule has 8 nitrogen and oxygen atoms in total. The van der Waals surface area contributed by atoms with Crippen molar-refractivity contribution in [1.29, 1.82) is 0 Å². The number of aryl methyl sites for hydroxylation is 2. The third-order valence-corrected chi connectivity index (χ3v) is 8.19. The number of carbonyl (C=O) groups excluding carboxylic acids is 1. The lowest BCUT2D eigenvalue weighted by molar-refractivity contribution is -0.152. The van der Waals surface area contributed by atoms with Crippen LogP contribution in [0.15, 0.2) is 34.1 Å². The monoisotopic (exact) mass is 532 g/mol. The van der Waals surface area contributed by atoms with Crippen LogP contribution in [-0.4, -0.2) is 70.1 Å². The van der Waals surface area contributed by atoms with Gasteiger partial charge in [-0.05, 0) is 79.2 Å². The summed E-state index contributed by atoms with van der Waals surface area (Å²) in [5.74, 6) is -0.209. The van der Waals surface area contributed by atoms with E-state index in [2.05, 4.69) is 57.7 Å². The maximum atomic E-state index is 12.6. The van der Waals surface area contributed by atoms with E-state index in [-0.39, 0.29) is 18.5 Å². The molecule has 196 valence electrons. The van der Waals surface area contributed by atoms with Crippen LogP contribution in [-0.2, 0) is 19.0 Å². The lowest BCUT2D eigenvalue weighted by Gasteiger charge is -2.31. The molecular formula is C26H36N4O4S2. The first-order chi connectivity index (χ1) is 17.6. The second-order valence-electron chi connectivity index (χ2n) is 8.76. The number of likely N-dealkylation sites (tertiary alicyclic amines) is 1. The summed E-state index contributed by atoms with van der Waals surface area (Å²) in [6, 6.07) is 4.37. The Morgan fingerprint density at radius 2 is 1.78 bits per heavy atom. The molecule has 1 saturated heterocycles. The number of nitrogens with zero attached hydrogens (tertiary/aromatic N) is 4. The molecule has 2 aromatic heterocycles. The molecule has 0 aliphatic carbocycles. The minimum Gasteiger partial charge on any atom is -0.463 e. The Bertz CT molecular complexity index is 987. The van der Waals surface area contributed by atoms with Gasteiger partial charge in [0.2, 0.25) is 0 Å². The predicted octanol–water partition coefficient (Wildman–Crippen LogP) is 5.85. The van der Waals surface area contributed by atoms with E-state index in [0.29, 0.717) is 33.0 Å². The number of hydrogen-bond donors (Lipinski definition) is 0. The highest BCUT2D eigenvalue weighted by molar-refractivity contribution is 7.14. The number of rotatable bonds is 15. The van der Waals surface area contributed by atoms with Crippen molar-refractivity contribution in [2.45, 2.75) is 33.1 Å². The summed E-state index contributed by atoms with van der Waals surface area (Å²) in [5, 5.41) is 7.72. The Morgan fingerprint density at radius 1 is 1.11 bits per heavy atom. The van der Waals surface area contributed by atoms with Gasteiger partial charge in [-0.25, -0.2) is 0 Å². The average molecular weight is 533 g/mol. The molecule has 3 rings (SSSR count). The Kier molecular flexibility index (Phi) is 12.5. The molecule has 0 radical (unpaired) electrons. The normalized spacial score (nSPS) is 15.9. The van der Waals surface area contributed by atoms with Gasteiger partial charge in [-0.3, -0.25) is 4.79 Å². The number of thiophene rings is 2. The second kappa shape index (κ2) is 15.8. The molecular weight excluding hydrogens is 496 g/mol. The van der Waals surface area contributed by atoms with Crippen LogP contribution >= 0.6 is 22.7 Å². The van der Waals surface area contributed by atoms with Gasteiger partial charge < -0.3 is 19.1 Å². The fraction of sp³-hybridized carbons (Fsp3) is 0.577. The van der Waals surface area contributed by atoms with Crippen LogP contribution in [0.2, 0.25) is 0 Å². The summed E-state index contributed by atoms with van der Waals surface area (Å²) < 4.78 is 16.2. The molecule has 36 heavy (non-hydrogen) atoms. The number of ether oxygens (including phenoxy) is 3. The van der Waals surface area contributed by atoms with Crippen LogP contribution < -0.4 is 0 Å². The molecule has 2 aromatic rings. The molecule has 1 aliphatic rings. The fourth-order valence-electron chi connectivity index (χ4n) is 4.22. The topological polar surface area (TPSA) is 96.8 Å². The molecule has 1 atom stereocenters. The average Bonchev–Trinajstić information content (AvgIpc) is 3.51. The van der Waals surface area contributed by atoms with Gasteiger partial charge in [-0.2, -0.15) is 0 Å². The van der Waals surface area contributed by atoms with Gasteiger partial charge in [0.25, 0.3) is 0 Å². The molecule has 1 aliphatic heterocycles. The summed E-state index contributed by atoms with van der Waals surface area (Å²) in [6.07, 6.45) is 5.20. The summed E-state index contributed by atoms with van der Waals surface area (Å²) in [7, 11) is 0. The lowest BCUT2D eigenvalue weighted by Crippen LogP contribution is -2.40. The zero-order valence-electron chi connectivity index (χ0n) is 21.2. The van der Waals surface area contributed by atoms with Crippen molar-refractivity contribution in [3.8, 4) is 0 Å². The summed E-state index contributed by atoms with van der Waals surface area (Å²) in [4.78, 5) is 20.3. The minimum atomic E-state index is -0.131. The zero-order chi connectivity index (χ0) is 25.6. The van der Waals surface area contributed by atoms with Crippen molar-refractivity contribution in [2.24, 2.45) is 11.0 Å². The van der Waals surface area contributed by atoms with Crippen LogP contribution in [0.5, 0.6) is 0 Å². The Balaban J connectivity index is 1.39. The molecule has 0 aromatic carbocycles. The quantitative estimate of drug-likeness (QED) is 0.0943. The SMILES string of the molecule is Cc1ccsc1C(=CCCN1CCC[C@@H](C(=O)OCCOCCOCCN=[N+]=[N-])C1)c1sccc1C. The molecule has 0 amide bonds. The van der Waals surface area contributed by atoms with Crippen LogP contribution in [0.25, 0.3) is 16.0 Å². The molecule has 0 spiro atoms. The van der Waals surface area contributed by atoms with Crippen molar-refractivity contribution in [3.05, 3.63) is 60.3 Å². The van der Waals surface area contributed by atoms with Crippen molar-refractivity contribution < 1.29 is 19.0 Å². The number of carbonyl (C=O) groups is 1. The molecule has 10 heteroatoms. The van der Waals surface area contributed by atoms with E-state index >= 15 is 0 Å². The molecule has 0 bridgehead atoms. The zero-order valence-corrected chi connectivity index (χ0v) is 22.8. The van der Waals surface area contributed by atoms with Crippen molar-refractivity contribution in [1.82, 2.24) is 4.90 Å². The summed E-state index contributed by atoms with van der Waals surface area (Å²) in [5.41, 5.74) is 12.2. The van der Waals surface area contributed by atoms with Gasteiger partial charge in [0.1, 0.15) is 6.61 Å². The Hall–Kier alpha value is -2.20. The van der Waals surface area contributed by atoms with E-state index in [1.54, 1.807) is 22.7 Å². The number of piperidine rings is 1. The fourth-order valence-corrected chi connectivity index (χ4v) is 6.23. The van der Waals surface area contributed by atoms with Crippen molar-refractivity contribution in [3.63, 3.8) is 0 Å². The Morgan fingerprint density at radius 3 is 2.42 bits per heavy atom. The smallest absolute Gasteiger partial charge is 0.310 e. The first-order valence-electron chi connectivity index (χ1n) is 12.4. The molecule has 0 saturated carbocycles. The van der Waals surface area contributed by atoms with Crippen molar-refractivity contribution >= 4 is 34.2 Å². The number of hydrogen-bond acceptors (Lipinski definition) is 8.